The first kappa shape index (κ1) is 13.8. The molecule has 2 aliphatic rings. The molecule has 1 aliphatic carbocycles. The summed E-state index contributed by atoms with van der Waals surface area (Å²) in [5.41, 5.74) is 0. The van der Waals surface area contributed by atoms with Gasteiger partial charge < -0.3 is 10.6 Å². The van der Waals surface area contributed by atoms with Gasteiger partial charge >= 0.3 is 0 Å². The third-order valence-electron chi connectivity index (χ3n) is 3.97. The lowest BCUT2D eigenvalue weighted by atomic mass is 10.1. The summed E-state index contributed by atoms with van der Waals surface area (Å²) in [4.78, 5) is 14.2. The normalized spacial score (nSPS) is 22.7. The summed E-state index contributed by atoms with van der Waals surface area (Å²) in [6.07, 6.45) is 7.17. The molecule has 0 aromatic heterocycles. The summed E-state index contributed by atoms with van der Waals surface area (Å²) in [5, 5.41) is 6.42. The smallest absolute Gasteiger partial charge is 0.221 e. The number of hydrogen-bond acceptors (Lipinski definition) is 3. The van der Waals surface area contributed by atoms with E-state index in [1.54, 1.807) is 0 Å². The van der Waals surface area contributed by atoms with Crippen LogP contribution in [0, 0.1) is 0 Å². The second-order valence-corrected chi connectivity index (χ2v) is 5.73. The van der Waals surface area contributed by atoms with Crippen LogP contribution in [0.3, 0.4) is 0 Å². The van der Waals surface area contributed by atoms with E-state index in [1.165, 1.54) is 45.2 Å². The number of likely N-dealkylation sites (tertiary alicyclic amines) is 1. The first-order valence-electron chi connectivity index (χ1n) is 7.50. The molecule has 1 atom stereocenters. The van der Waals surface area contributed by atoms with Crippen LogP contribution in [0.5, 0.6) is 0 Å². The molecule has 2 N–H and O–H groups in total. The van der Waals surface area contributed by atoms with E-state index < -0.39 is 0 Å². The predicted octanol–water partition coefficient (Wildman–Crippen LogP) is 1.12. The highest BCUT2D eigenvalue weighted by molar-refractivity contribution is 5.76. The summed E-state index contributed by atoms with van der Waals surface area (Å²) in [6.45, 7) is 6.23. The molecule has 0 radical (unpaired) electrons. The van der Waals surface area contributed by atoms with E-state index in [9.17, 15) is 4.79 Å². The minimum Gasteiger partial charge on any atom is -0.355 e. The topological polar surface area (TPSA) is 44.4 Å². The Bertz CT molecular complexity index is 260. The van der Waals surface area contributed by atoms with Crippen LogP contribution >= 0.6 is 0 Å². The van der Waals surface area contributed by atoms with Gasteiger partial charge in [-0.15, -0.1) is 0 Å². The maximum atomic E-state index is 11.7. The van der Waals surface area contributed by atoms with Crippen LogP contribution in [0.25, 0.3) is 0 Å². The molecular weight excluding hydrogens is 226 g/mol. The van der Waals surface area contributed by atoms with Crippen molar-refractivity contribution >= 4 is 5.91 Å². The molecule has 0 aromatic carbocycles. The second kappa shape index (κ2) is 7.10. The number of amides is 1. The standard InChI is InChI=1S/C14H27N3O/c1-12(17-9-3-2-4-10-17)11-16-14(18)7-8-15-13-5-6-13/h12-13,15H,2-11H2,1H3,(H,16,18). The number of hydrogen-bond donors (Lipinski definition) is 2. The van der Waals surface area contributed by atoms with Crippen LogP contribution in [-0.2, 0) is 4.79 Å². The maximum absolute atomic E-state index is 11.7. The van der Waals surface area contributed by atoms with E-state index in [0.29, 0.717) is 18.5 Å². The summed E-state index contributed by atoms with van der Waals surface area (Å²) < 4.78 is 0. The van der Waals surface area contributed by atoms with Crippen molar-refractivity contribution in [3.05, 3.63) is 0 Å². The molecule has 4 nitrogen and oxygen atoms in total. The summed E-state index contributed by atoms with van der Waals surface area (Å²) in [6, 6.07) is 1.18. The Hall–Kier alpha value is -0.610. The Morgan fingerprint density at radius 3 is 2.67 bits per heavy atom. The molecule has 1 saturated carbocycles. The Labute approximate surface area is 110 Å². The van der Waals surface area contributed by atoms with E-state index in [2.05, 4.69) is 22.5 Å². The number of carbonyl (C=O) groups is 1. The fraction of sp³-hybridized carbons (Fsp3) is 0.929. The van der Waals surface area contributed by atoms with Gasteiger partial charge in [-0.05, 0) is 45.7 Å². The molecule has 1 heterocycles. The molecule has 104 valence electrons. The minimum atomic E-state index is 0.187. The number of nitrogens with one attached hydrogen (secondary N) is 2. The Morgan fingerprint density at radius 2 is 2.00 bits per heavy atom. The first-order valence-corrected chi connectivity index (χ1v) is 7.50. The Balaban J connectivity index is 1.53. The van der Waals surface area contributed by atoms with Gasteiger partial charge in [-0.2, -0.15) is 0 Å². The van der Waals surface area contributed by atoms with Crippen molar-refractivity contribution in [1.29, 1.82) is 0 Å². The highest BCUT2D eigenvalue weighted by Crippen LogP contribution is 2.18. The van der Waals surface area contributed by atoms with Crippen molar-refractivity contribution in [3.8, 4) is 0 Å². The molecule has 2 fully saturated rings. The van der Waals surface area contributed by atoms with Crippen LogP contribution in [0.15, 0.2) is 0 Å². The Morgan fingerprint density at radius 1 is 1.28 bits per heavy atom. The quantitative estimate of drug-likeness (QED) is 0.714. The molecule has 4 heteroatoms. The van der Waals surface area contributed by atoms with Crippen LogP contribution in [-0.4, -0.2) is 49.1 Å². The highest BCUT2D eigenvalue weighted by Gasteiger charge is 2.20. The van der Waals surface area contributed by atoms with Crippen molar-refractivity contribution < 1.29 is 4.79 Å². The van der Waals surface area contributed by atoms with Gasteiger partial charge in [-0.1, -0.05) is 6.42 Å². The van der Waals surface area contributed by atoms with Crippen molar-refractivity contribution in [2.45, 2.75) is 57.5 Å². The molecule has 0 aromatic rings. The number of rotatable bonds is 7. The molecular formula is C14H27N3O. The van der Waals surface area contributed by atoms with Crippen molar-refractivity contribution in [3.63, 3.8) is 0 Å². The second-order valence-electron chi connectivity index (χ2n) is 5.73. The van der Waals surface area contributed by atoms with Crippen LogP contribution in [0.4, 0.5) is 0 Å². The van der Waals surface area contributed by atoms with E-state index >= 15 is 0 Å². The molecule has 1 amide bonds. The fourth-order valence-corrected chi connectivity index (χ4v) is 2.52. The molecule has 0 spiro atoms. The van der Waals surface area contributed by atoms with Gasteiger partial charge in [0.15, 0.2) is 0 Å². The molecule has 0 bridgehead atoms. The lowest BCUT2D eigenvalue weighted by Gasteiger charge is -2.32. The zero-order valence-electron chi connectivity index (χ0n) is 11.6. The zero-order valence-corrected chi connectivity index (χ0v) is 11.6. The van der Waals surface area contributed by atoms with Gasteiger partial charge in [0.05, 0.1) is 0 Å². The zero-order chi connectivity index (χ0) is 12.8. The third-order valence-corrected chi connectivity index (χ3v) is 3.97. The van der Waals surface area contributed by atoms with Gasteiger partial charge in [0.1, 0.15) is 0 Å². The van der Waals surface area contributed by atoms with Gasteiger partial charge in [0.2, 0.25) is 5.91 Å². The molecule has 1 aliphatic heterocycles. The predicted molar refractivity (Wildman–Crippen MR) is 73.5 cm³/mol. The molecule has 18 heavy (non-hydrogen) atoms. The van der Waals surface area contributed by atoms with Crippen molar-refractivity contribution in [2.75, 3.05) is 26.2 Å². The summed E-state index contributed by atoms with van der Waals surface area (Å²) in [5.74, 6) is 0.187. The average molecular weight is 253 g/mol. The average Bonchev–Trinajstić information content (AvgIpc) is 3.21. The van der Waals surface area contributed by atoms with Gasteiger partial charge in [-0.25, -0.2) is 0 Å². The van der Waals surface area contributed by atoms with Gasteiger partial charge in [-0.3, -0.25) is 9.69 Å². The van der Waals surface area contributed by atoms with E-state index in [1.807, 2.05) is 0 Å². The lowest BCUT2D eigenvalue weighted by molar-refractivity contribution is -0.121. The van der Waals surface area contributed by atoms with E-state index in [0.717, 1.165) is 13.1 Å². The number of carbonyl (C=O) groups excluding carboxylic acids is 1. The van der Waals surface area contributed by atoms with E-state index in [4.69, 9.17) is 0 Å². The van der Waals surface area contributed by atoms with Gasteiger partial charge in [0.25, 0.3) is 0 Å². The monoisotopic (exact) mass is 253 g/mol. The van der Waals surface area contributed by atoms with Crippen molar-refractivity contribution in [1.82, 2.24) is 15.5 Å². The molecule has 1 unspecified atom stereocenters. The number of nitrogens with zero attached hydrogens (tertiary/aromatic N) is 1. The van der Waals surface area contributed by atoms with Crippen LogP contribution in [0.1, 0.15) is 45.4 Å². The molecule has 1 saturated heterocycles. The maximum Gasteiger partial charge on any atom is 0.221 e. The van der Waals surface area contributed by atoms with Crippen molar-refractivity contribution in [2.24, 2.45) is 0 Å². The van der Waals surface area contributed by atoms with Gasteiger partial charge in [0, 0.05) is 31.6 Å². The minimum absolute atomic E-state index is 0.187. The fourth-order valence-electron chi connectivity index (χ4n) is 2.52. The molecule has 2 rings (SSSR count). The third kappa shape index (κ3) is 4.94. The first-order chi connectivity index (χ1) is 8.75. The highest BCUT2D eigenvalue weighted by atomic mass is 16.1. The largest absolute Gasteiger partial charge is 0.355 e. The Kier molecular flexibility index (Phi) is 5.45. The van der Waals surface area contributed by atoms with E-state index in [-0.39, 0.29) is 5.91 Å². The van der Waals surface area contributed by atoms with Crippen LogP contribution in [0.2, 0.25) is 0 Å². The SMILES string of the molecule is CC(CNC(=O)CCNC1CC1)N1CCCCC1. The number of piperidine rings is 1. The summed E-state index contributed by atoms with van der Waals surface area (Å²) >= 11 is 0. The van der Waals surface area contributed by atoms with Crippen LogP contribution < -0.4 is 10.6 Å². The lowest BCUT2D eigenvalue weighted by Crippen LogP contribution is -2.44. The summed E-state index contributed by atoms with van der Waals surface area (Å²) in [7, 11) is 0.